The first-order valence-electron chi connectivity index (χ1n) is 17.0. The Bertz CT molecular complexity index is 1940. The van der Waals surface area contributed by atoms with E-state index in [1.165, 1.54) is 23.3 Å². The molecule has 2 N–H and O–H groups in total. The molecule has 0 bridgehead atoms. The Morgan fingerprint density at radius 1 is 0.712 bits per heavy atom. The van der Waals surface area contributed by atoms with Crippen LogP contribution in [0.2, 0.25) is 0 Å². The highest BCUT2D eigenvalue weighted by Crippen LogP contribution is 2.19. The minimum absolute atomic E-state index is 0.0114. The predicted molar refractivity (Wildman–Crippen MR) is 212 cm³/mol. The number of carboxylic acid groups (broad SMARTS) is 2. The average molecular weight is 719 g/mol. The van der Waals surface area contributed by atoms with Gasteiger partial charge in [0.15, 0.2) is 0 Å². The highest BCUT2D eigenvalue weighted by atomic mass is 32.1. The topological polar surface area (TPSA) is 81.1 Å². The number of carbonyl (C=O) groups is 2. The number of hydrogen-bond donors (Lipinski definition) is 2. The van der Waals surface area contributed by atoms with Crippen LogP contribution in [0, 0.1) is 29.5 Å². The number of aliphatic carboxylic acids is 2. The first-order valence-corrected chi connectivity index (χ1v) is 18.0. The number of benzene rings is 3. The summed E-state index contributed by atoms with van der Waals surface area (Å²) >= 11 is 1.62. The number of rotatable bonds is 12. The summed E-state index contributed by atoms with van der Waals surface area (Å²) in [6.07, 6.45) is 3.81. The SMILES string of the molecule is CC(C)c1ccc(C#CC(=CCN(C)CC(=O)O)c2cccc(F)c2)cc1.CC(C)c1ccc(C#CC(=CCN(C)CC(=O)O)c2ccsc2)cc1. The van der Waals surface area contributed by atoms with E-state index in [1.54, 1.807) is 47.4 Å². The van der Waals surface area contributed by atoms with Gasteiger partial charge in [0.1, 0.15) is 5.82 Å². The first kappa shape index (κ1) is 41.2. The summed E-state index contributed by atoms with van der Waals surface area (Å²) in [4.78, 5) is 25.0. The molecule has 4 rings (SSSR count). The molecular weight excluding hydrogens is 672 g/mol. The smallest absolute Gasteiger partial charge is 0.317 e. The number of nitrogens with zero attached hydrogens (tertiary/aromatic N) is 2. The molecule has 8 heteroatoms. The third-order valence-corrected chi connectivity index (χ3v) is 8.51. The van der Waals surface area contributed by atoms with Crippen molar-refractivity contribution >= 4 is 34.4 Å². The zero-order valence-electron chi connectivity index (χ0n) is 30.7. The van der Waals surface area contributed by atoms with Gasteiger partial charge < -0.3 is 10.2 Å². The van der Waals surface area contributed by atoms with Crippen LogP contribution in [0.15, 0.2) is 102 Å². The Balaban J connectivity index is 0.000000281. The van der Waals surface area contributed by atoms with Crippen molar-refractivity contribution in [2.75, 3.05) is 40.3 Å². The molecule has 0 atom stereocenters. The number of hydrogen-bond acceptors (Lipinski definition) is 5. The summed E-state index contributed by atoms with van der Waals surface area (Å²) in [6, 6.07) is 24.7. The zero-order valence-corrected chi connectivity index (χ0v) is 31.5. The molecule has 0 saturated carbocycles. The highest BCUT2D eigenvalue weighted by molar-refractivity contribution is 7.08. The molecule has 4 aromatic rings. The third kappa shape index (κ3) is 14.9. The largest absolute Gasteiger partial charge is 0.480 e. The summed E-state index contributed by atoms with van der Waals surface area (Å²) in [5, 5.41) is 21.8. The molecule has 52 heavy (non-hydrogen) atoms. The van der Waals surface area contributed by atoms with E-state index in [9.17, 15) is 14.0 Å². The summed E-state index contributed by atoms with van der Waals surface area (Å²) in [6.45, 7) is 9.50. The Morgan fingerprint density at radius 3 is 1.56 bits per heavy atom. The van der Waals surface area contributed by atoms with Crippen LogP contribution in [-0.2, 0) is 9.59 Å². The van der Waals surface area contributed by atoms with Crippen LogP contribution in [0.25, 0.3) is 11.1 Å². The second kappa shape index (κ2) is 21.2. The van der Waals surface area contributed by atoms with Crippen LogP contribution in [-0.4, -0.2) is 72.2 Å². The third-order valence-electron chi connectivity index (χ3n) is 7.83. The van der Waals surface area contributed by atoms with Crippen molar-refractivity contribution in [1.82, 2.24) is 9.80 Å². The van der Waals surface area contributed by atoms with Gasteiger partial charge in [0, 0.05) is 40.9 Å². The van der Waals surface area contributed by atoms with Crippen molar-refractivity contribution in [3.05, 3.63) is 141 Å². The standard InChI is InChI=1S/C23H24FNO2.C21H23NO2S/c1-17(2)19-10-7-18(8-11-19)9-12-20(13-14-25(3)16-23(26)27)21-5-4-6-22(24)15-21;1-16(2)18-7-4-17(5-8-18)6-9-19(20-11-13-25-15-20)10-12-22(3)14-21(23)24/h4-8,10-11,13,15,17H,14,16H2,1-3H3,(H,26,27);4-5,7-8,10-11,13,15-16H,12,14H2,1-3H3,(H,23,24). The van der Waals surface area contributed by atoms with E-state index in [1.807, 2.05) is 47.9 Å². The summed E-state index contributed by atoms with van der Waals surface area (Å²) in [5.41, 5.74) is 7.73. The van der Waals surface area contributed by atoms with Crippen LogP contribution in [0.1, 0.15) is 72.9 Å². The van der Waals surface area contributed by atoms with Crippen molar-refractivity contribution in [2.24, 2.45) is 0 Å². The molecule has 0 fully saturated rings. The lowest BCUT2D eigenvalue weighted by Gasteiger charge is -2.11. The molecule has 3 aromatic carbocycles. The van der Waals surface area contributed by atoms with E-state index < -0.39 is 11.9 Å². The normalized spacial score (nSPS) is 11.4. The molecule has 0 spiro atoms. The lowest BCUT2D eigenvalue weighted by atomic mass is 10.0. The van der Waals surface area contributed by atoms with Crippen LogP contribution in [0.4, 0.5) is 4.39 Å². The van der Waals surface area contributed by atoms with Gasteiger partial charge in [-0.2, -0.15) is 11.3 Å². The fourth-order valence-corrected chi connectivity index (χ4v) is 5.48. The molecule has 0 saturated heterocycles. The highest BCUT2D eigenvalue weighted by Gasteiger charge is 2.07. The minimum atomic E-state index is -0.894. The van der Waals surface area contributed by atoms with Gasteiger partial charge in [-0.3, -0.25) is 19.4 Å². The average Bonchev–Trinajstić information content (AvgIpc) is 3.63. The van der Waals surface area contributed by atoms with Crippen molar-refractivity contribution in [1.29, 1.82) is 0 Å². The molecule has 0 radical (unpaired) electrons. The van der Waals surface area contributed by atoms with E-state index in [-0.39, 0.29) is 18.9 Å². The van der Waals surface area contributed by atoms with Crippen LogP contribution < -0.4 is 0 Å². The van der Waals surface area contributed by atoms with Gasteiger partial charge in [-0.15, -0.1) is 0 Å². The summed E-state index contributed by atoms with van der Waals surface area (Å²) < 4.78 is 13.6. The first-order chi connectivity index (χ1) is 24.8. The number of thiophene rings is 1. The van der Waals surface area contributed by atoms with E-state index >= 15 is 0 Å². The monoisotopic (exact) mass is 718 g/mol. The minimum Gasteiger partial charge on any atom is -0.480 e. The van der Waals surface area contributed by atoms with E-state index in [4.69, 9.17) is 10.2 Å². The molecule has 0 aliphatic rings. The fourth-order valence-electron chi connectivity index (χ4n) is 4.82. The van der Waals surface area contributed by atoms with Crippen LogP contribution >= 0.6 is 11.3 Å². The Labute approximate surface area is 311 Å². The van der Waals surface area contributed by atoms with Gasteiger partial charge in [0.25, 0.3) is 0 Å². The van der Waals surface area contributed by atoms with E-state index in [2.05, 4.69) is 81.0 Å². The van der Waals surface area contributed by atoms with Crippen LogP contribution in [0.5, 0.6) is 0 Å². The summed E-state index contributed by atoms with van der Waals surface area (Å²) in [7, 11) is 3.50. The van der Waals surface area contributed by atoms with Crippen molar-refractivity contribution in [3.8, 4) is 23.7 Å². The molecule has 0 amide bonds. The maximum Gasteiger partial charge on any atom is 0.317 e. The second-order valence-corrected chi connectivity index (χ2v) is 13.8. The van der Waals surface area contributed by atoms with E-state index in [0.29, 0.717) is 36.1 Å². The molecule has 0 aliphatic carbocycles. The van der Waals surface area contributed by atoms with Gasteiger partial charge in [0.2, 0.25) is 0 Å². The molecule has 6 nitrogen and oxygen atoms in total. The molecular formula is C44H47FN2O4S. The Hall–Kier alpha value is -5.25. The lowest BCUT2D eigenvalue weighted by molar-refractivity contribution is -0.138. The molecule has 1 aromatic heterocycles. The van der Waals surface area contributed by atoms with Crippen molar-refractivity contribution in [3.63, 3.8) is 0 Å². The van der Waals surface area contributed by atoms with Crippen molar-refractivity contribution < 1.29 is 24.2 Å². The molecule has 0 aliphatic heterocycles. The van der Waals surface area contributed by atoms with Crippen molar-refractivity contribution in [2.45, 2.75) is 39.5 Å². The Morgan fingerprint density at radius 2 is 1.17 bits per heavy atom. The van der Waals surface area contributed by atoms with Gasteiger partial charge in [0.05, 0.1) is 13.1 Å². The van der Waals surface area contributed by atoms with Gasteiger partial charge in [-0.1, -0.05) is 99.9 Å². The maximum atomic E-state index is 13.6. The Kier molecular flexibility index (Phi) is 16.8. The van der Waals surface area contributed by atoms with Gasteiger partial charge >= 0.3 is 11.9 Å². The number of allylic oxidation sites excluding steroid dienone is 2. The number of carboxylic acids is 2. The molecule has 270 valence electrons. The molecule has 0 unspecified atom stereocenters. The number of likely N-dealkylation sites (N-methyl/N-ethyl adjacent to an activating group) is 2. The van der Waals surface area contributed by atoms with Gasteiger partial charge in [-0.05, 0) is 95.8 Å². The summed E-state index contributed by atoms with van der Waals surface area (Å²) in [5.74, 6) is 11.6. The quantitative estimate of drug-likeness (QED) is 0.143. The lowest BCUT2D eigenvalue weighted by Crippen LogP contribution is -2.25. The number of halogens is 1. The predicted octanol–water partition coefficient (Wildman–Crippen LogP) is 8.72. The fraction of sp³-hybridized carbons (Fsp3) is 0.273. The van der Waals surface area contributed by atoms with Gasteiger partial charge in [-0.25, -0.2) is 4.39 Å². The molecule has 1 heterocycles. The zero-order chi connectivity index (χ0) is 38.0. The van der Waals surface area contributed by atoms with Crippen LogP contribution in [0.3, 0.4) is 0 Å². The van der Waals surface area contributed by atoms with E-state index in [0.717, 1.165) is 22.3 Å². The second-order valence-electron chi connectivity index (χ2n) is 13.0. The maximum absolute atomic E-state index is 13.6.